The molecule has 1 atom stereocenters. The van der Waals surface area contributed by atoms with Crippen molar-refractivity contribution in [3.05, 3.63) is 30.1 Å². The summed E-state index contributed by atoms with van der Waals surface area (Å²) in [7, 11) is 1.63. The monoisotopic (exact) mass is 297 g/mol. The van der Waals surface area contributed by atoms with Gasteiger partial charge in [0.1, 0.15) is 6.04 Å². The SMILES string of the molecule is CSCC[C@@H](NC(=O)N(C)Cc1ccncc1)C(=O)O. The maximum Gasteiger partial charge on any atom is 0.326 e. The van der Waals surface area contributed by atoms with Crippen LogP contribution in [-0.2, 0) is 11.3 Å². The predicted molar refractivity (Wildman–Crippen MR) is 78.7 cm³/mol. The van der Waals surface area contributed by atoms with E-state index >= 15 is 0 Å². The third-order valence-corrected chi connectivity index (χ3v) is 3.37. The first kappa shape index (κ1) is 16.3. The van der Waals surface area contributed by atoms with Crippen molar-refractivity contribution >= 4 is 23.8 Å². The molecule has 1 rings (SSSR count). The summed E-state index contributed by atoms with van der Waals surface area (Å²) in [6, 6.07) is 2.38. The molecule has 20 heavy (non-hydrogen) atoms. The molecule has 6 nitrogen and oxygen atoms in total. The minimum absolute atomic E-state index is 0.393. The summed E-state index contributed by atoms with van der Waals surface area (Å²) in [5, 5.41) is 11.6. The van der Waals surface area contributed by atoms with Crippen molar-refractivity contribution in [3.63, 3.8) is 0 Å². The summed E-state index contributed by atoms with van der Waals surface area (Å²) < 4.78 is 0. The first-order chi connectivity index (χ1) is 9.54. The van der Waals surface area contributed by atoms with Gasteiger partial charge < -0.3 is 15.3 Å². The second-order valence-electron chi connectivity index (χ2n) is 4.33. The molecule has 0 saturated carbocycles. The van der Waals surface area contributed by atoms with Crippen LogP contribution in [0.5, 0.6) is 0 Å². The largest absolute Gasteiger partial charge is 0.480 e. The minimum Gasteiger partial charge on any atom is -0.480 e. The quantitative estimate of drug-likeness (QED) is 0.795. The number of carboxylic acid groups (broad SMARTS) is 1. The molecule has 0 unspecified atom stereocenters. The van der Waals surface area contributed by atoms with E-state index in [-0.39, 0.29) is 0 Å². The van der Waals surface area contributed by atoms with Gasteiger partial charge in [0.2, 0.25) is 0 Å². The Morgan fingerprint density at radius 3 is 2.65 bits per heavy atom. The molecule has 0 spiro atoms. The lowest BCUT2D eigenvalue weighted by molar-refractivity contribution is -0.139. The second-order valence-corrected chi connectivity index (χ2v) is 5.32. The van der Waals surface area contributed by atoms with E-state index in [0.29, 0.717) is 18.7 Å². The number of hydrogen-bond donors (Lipinski definition) is 2. The molecule has 110 valence electrons. The van der Waals surface area contributed by atoms with E-state index in [0.717, 1.165) is 5.56 Å². The van der Waals surface area contributed by atoms with E-state index in [4.69, 9.17) is 5.11 Å². The summed E-state index contributed by atoms with van der Waals surface area (Å²) in [5.41, 5.74) is 0.939. The number of pyridine rings is 1. The molecule has 0 bridgehead atoms. The van der Waals surface area contributed by atoms with Crippen LogP contribution in [0, 0.1) is 0 Å². The smallest absolute Gasteiger partial charge is 0.326 e. The zero-order chi connectivity index (χ0) is 15.0. The van der Waals surface area contributed by atoms with Crippen molar-refractivity contribution in [1.29, 1.82) is 0 Å². The van der Waals surface area contributed by atoms with Gasteiger partial charge in [0, 0.05) is 26.0 Å². The lowest BCUT2D eigenvalue weighted by atomic mass is 10.2. The Bertz CT molecular complexity index is 442. The predicted octanol–water partition coefficient (Wildman–Crippen LogP) is 1.43. The Morgan fingerprint density at radius 1 is 1.45 bits per heavy atom. The molecule has 0 aliphatic carbocycles. The van der Waals surface area contributed by atoms with Crippen LogP contribution in [0.2, 0.25) is 0 Å². The number of aliphatic carboxylic acids is 1. The molecule has 1 heterocycles. The molecular formula is C13H19N3O3S. The molecule has 1 aromatic rings. The van der Waals surface area contributed by atoms with E-state index in [2.05, 4.69) is 10.3 Å². The molecule has 0 aromatic carbocycles. The number of aromatic nitrogens is 1. The Labute approximate surface area is 122 Å². The van der Waals surface area contributed by atoms with E-state index in [1.165, 1.54) is 4.90 Å². The molecule has 0 fully saturated rings. The summed E-state index contributed by atoms with van der Waals surface area (Å²) in [6.07, 6.45) is 5.61. The number of thioether (sulfide) groups is 1. The zero-order valence-corrected chi connectivity index (χ0v) is 12.4. The van der Waals surface area contributed by atoms with Crippen molar-refractivity contribution in [3.8, 4) is 0 Å². The van der Waals surface area contributed by atoms with Crippen molar-refractivity contribution < 1.29 is 14.7 Å². The van der Waals surface area contributed by atoms with Gasteiger partial charge in [-0.1, -0.05) is 0 Å². The third-order valence-electron chi connectivity index (χ3n) is 2.72. The van der Waals surface area contributed by atoms with E-state index in [1.54, 1.807) is 31.2 Å². The van der Waals surface area contributed by atoms with Gasteiger partial charge in [-0.2, -0.15) is 11.8 Å². The highest BCUT2D eigenvalue weighted by Gasteiger charge is 2.21. The molecule has 7 heteroatoms. The minimum atomic E-state index is -1.01. The van der Waals surface area contributed by atoms with E-state index < -0.39 is 18.0 Å². The normalized spacial score (nSPS) is 11.7. The molecule has 2 N–H and O–H groups in total. The van der Waals surface area contributed by atoms with Crippen LogP contribution in [-0.4, -0.2) is 52.1 Å². The average Bonchev–Trinajstić information content (AvgIpc) is 2.43. The van der Waals surface area contributed by atoms with Gasteiger partial charge in [-0.25, -0.2) is 9.59 Å². The molecule has 0 saturated heterocycles. The Balaban J connectivity index is 2.53. The van der Waals surface area contributed by atoms with Crippen LogP contribution in [0.1, 0.15) is 12.0 Å². The number of urea groups is 1. The van der Waals surface area contributed by atoms with Crippen molar-refractivity contribution in [2.75, 3.05) is 19.1 Å². The number of nitrogens with one attached hydrogen (secondary N) is 1. The molecule has 0 aliphatic heterocycles. The van der Waals surface area contributed by atoms with Gasteiger partial charge >= 0.3 is 12.0 Å². The molecule has 2 amide bonds. The Morgan fingerprint density at radius 2 is 2.10 bits per heavy atom. The highest BCUT2D eigenvalue weighted by atomic mass is 32.2. The number of carboxylic acids is 1. The number of carbonyl (C=O) groups is 2. The van der Waals surface area contributed by atoms with Crippen LogP contribution < -0.4 is 5.32 Å². The fourth-order valence-corrected chi connectivity index (χ4v) is 2.06. The van der Waals surface area contributed by atoms with Crippen LogP contribution in [0.15, 0.2) is 24.5 Å². The fourth-order valence-electron chi connectivity index (χ4n) is 1.59. The lowest BCUT2D eigenvalue weighted by Gasteiger charge is -2.21. The maximum atomic E-state index is 12.0. The second kappa shape index (κ2) is 8.42. The summed E-state index contributed by atoms with van der Waals surface area (Å²) in [5.74, 6) is -0.324. The van der Waals surface area contributed by atoms with Crippen molar-refractivity contribution in [2.45, 2.75) is 19.0 Å². The number of nitrogens with zero attached hydrogens (tertiary/aromatic N) is 2. The molecule has 1 aromatic heterocycles. The Hall–Kier alpha value is -1.76. The van der Waals surface area contributed by atoms with E-state index in [9.17, 15) is 9.59 Å². The average molecular weight is 297 g/mol. The molecule has 0 aliphatic rings. The standard InChI is InChI=1S/C13H19N3O3S/c1-16(9-10-3-6-14-7-4-10)13(19)15-11(12(17)18)5-8-20-2/h3-4,6-7,11H,5,8-9H2,1-2H3,(H,15,19)(H,17,18)/t11-/m1/s1. The zero-order valence-electron chi connectivity index (χ0n) is 11.6. The topological polar surface area (TPSA) is 82.5 Å². The van der Waals surface area contributed by atoms with Gasteiger partial charge in [0.15, 0.2) is 0 Å². The van der Waals surface area contributed by atoms with Gasteiger partial charge in [0.05, 0.1) is 0 Å². The maximum absolute atomic E-state index is 12.0. The molecule has 0 radical (unpaired) electrons. The number of amides is 2. The Kier molecular flexibility index (Phi) is 6.86. The number of carbonyl (C=O) groups excluding carboxylic acids is 1. The van der Waals surface area contributed by atoms with Crippen molar-refractivity contribution in [1.82, 2.24) is 15.2 Å². The molecular weight excluding hydrogens is 278 g/mol. The van der Waals surface area contributed by atoms with Gasteiger partial charge in [-0.3, -0.25) is 4.98 Å². The third kappa shape index (κ3) is 5.48. The summed E-state index contributed by atoms with van der Waals surface area (Å²) in [6.45, 7) is 0.406. The first-order valence-electron chi connectivity index (χ1n) is 6.17. The van der Waals surface area contributed by atoms with Gasteiger partial charge in [-0.05, 0) is 36.1 Å². The van der Waals surface area contributed by atoms with Crippen LogP contribution in [0.4, 0.5) is 4.79 Å². The number of hydrogen-bond acceptors (Lipinski definition) is 4. The highest BCUT2D eigenvalue weighted by Crippen LogP contribution is 2.04. The lowest BCUT2D eigenvalue weighted by Crippen LogP contribution is -2.46. The van der Waals surface area contributed by atoms with E-state index in [1.807, 2.05) is 18.4 Å². The van der Waals surface area contributed by atoms with Gasteiger partial charge in [-0.15, -0.1) is 0 Å². The summed E-state index contributed by atoms with van der Waals surface area (Å²) >= 11 is 1.55. The highest BCUT2D eigenvalue weighted by molar-refractivity contribution is 7.98. The fraction of sp³-hybridized carbons (Fsp3) is 0.462. The summed E-state index contributed by atoms with van der Waals surface area (Å²) in [4.78, 5) is 28.4. The van der Waals surface area contributed by atoms with Crippen molar-refractivity contribution in [2.24, 2.45) is 0 Å². The van der Waals surface area contributed by atoms with Crippen LogP contribution in [0.25, 0.3) is 0 Å². The first-order valence-corrected chi connectivity index (χ1v) is 7.56. The van der Waals surface area contributed by atoms with Crippen LogP contribution >= 0.6 is 11.8 Å². The van der Waals surface area contributed by atoms with Gasteiger partial charge in [0.25, 0.3) is 0 Å². The van der Waals surface area contributed by atoms with Crippen LogP contribution in [0.3, 0.4) is 0 Å². The number of rotatable bonds is 7.